The first kappa shape index (κ1) is 23.1. The molecule has 2 aliphatic carbocycles. The molecule has 2 saturated carbocycles. The van der Waals surface area contributed by atoms with Gasteiger partial charge in [0.25, 0.3) is 0 Å². The van der Waals surface area contributed by atoms with Gasteiger partial charge in [-0.1, -0.05) is 25.1 Å². The van der Waals surface area contributed by atoms with Crippen LogP contribution in [0.15, 0.2) is 22.7 Å². The van der Waals surface area contributed by atoms with Crippen LogP contribution in [0.4, 0.5) is 10.4 Å². The molecule has 1 aliphatic heterocycles. The van der Waals surface area contributed by atoms with Crippen molar-refractivity contribution in [2.24, 2.45) is 17.8 Å². The second-order valence-corrected chi connectivity index (χ2v) is 10.5. The minimum Gasteiger partial charge on any atom is -0.493 e. The maximum atomic E-state index is 14.4. The van der Waals surface area contributed by atoms with Crippen LogP contribution in [-0.4, -0.2) is 41.8 Å². The lowest BCUT2D eigenvalue weighted by Gasteiger charge is -2.30. The summed E-state index contributed by atoms with van der Waals surface area (Å²) in [5.74, 6) is 3.30. The summed E-state index contributed by atoms with van der Waals surface area (Å²) >= 11 is 0. The number of carbonyl (C=O) groups is 1. The zero-order chi connectivity index (χ0) is 23.7. The van der Waals surface area contributed by atoms with E-state index in [9.17, 15) is 9.18 Å². The van der Waals surface area contributed by atoms with Crippen LogP contribution in [0, 0.1) is 23.6 Å². The molecular formula is C26H35FN4O3. The Balaban J connectivity index is 1.01. The number of benzene rings is 1. The molecule has 1 aromatic heterocycles. The minimum atomic E-state index is -0.374. The van der Waals surface area contributed by atoms with Gasteiger partial charge in [0, 0.05) is 31.1 Å². The van der Waals surface area contributed by atoms with Crippen LogP contribution < -0.4 is 15.0 Å². The molecule has 0 unspecified atom stereocenters. The Morgan fingerprint density at radius 2 is 2.06 bits per heavy atom. The Morgan fingerprint density at radius 1 is 1.26 bits per heavy atom. The molecule has 0 bridgehead atoms. The van der Waals surface area contributed by atoms with Crippen molar-refractivity contribution in [1.29, 1.82) is 0 Å². The number of halogens is 1. The lowest BCUT2D eigenvalue weighted by atomic mass is 9.90. The second-order valence-electron chi connectivity index (χ2n) is 10.5. The topological polar surface area (TPSA) is 80.5 Å². The summed E-state index contributed by atoms with van der Waals surface area (Å²) in [4.78, 5) is 18.6. The van der Waals surface area contributed by atoms with Gasteiger partial charge in [-0.15, -0.1) is 0 Å². The smallest absolute Gasteiger partial charge is 0.324 e. The van der Waals surface area contributed by atoms with Crippen LogP contribution in [0.3, 0.4) is 0 Å². The lowest BCUT2D eigenvalue weighted by molar-refractivity contribution is -0.120. The van der Waals surface area contributed by atoms with Crippen LogP contribution >= 0.6 is 0 Å². The molecule has 2 atom stereocenters. The maximum Gasteiger partial charge on any atom is 0.324 e. The van der Waals surface area contributed by atoms with Crippen LogP contribution in [-0.2, 0) is 11.2 Å². The van der Waals surface area contributed by atoms with E-state index in [0.29, 0.717) is 35.9 Å². The molecule has 34 heavy (non-hydrogen) atoms. The zero-order valence-electron chi connectivity index (χ0n) is 20.1. The van der Waals surface area contributed by atoms with E-state index in [1.165, 1.54) is 12.5 Å². The van der Waals surface area contributed by atoms with Crippen molar-refractivity contribution in [3.63, 3.8) is 0 Å². The summed E-state index contributed by atoms with van der Waals surface area (Å²) < 4.78 is 25.7. The van der Waals surface area contributed by atoms with E-state index in [1.807, 2.05) is 0 Å². The first-order valence-corrected chi connectivity index (χ1v) is 12.8. The van der Waals surface area contributed by atoms with E-state index in [4.69, 9.17) is 9.26 Å². The SMILES string of the molecule is CC(C)c1noc(N2CCC([C@H]3C[C@H]3CCOc3ccc(CC(=O)NC4CC4)c(F)c3)CC2)n1. The van der Waals surface area contributed by atoms with E-state index in [0.717, 1.165) is 62.9 Å². The first-order valence-electron chi connectivity index (χ1n) is 12.8. The number of aromatic nitrogens is 2. The molecule has 0 radical (unpaired) electrons. The van der Waals surface area contributed by atoms with Gasteiger partial charge in [-0.25, -0.2) is 4.39 Å². The van der Waals surface area contributed by atoms with Crippen molar-refractivity contribution >= 4 is 11.9 Å². The molecule has 1 amide bonds. The molecule has 1 aromatic carbocycles. The minimum absolute atomic E-state index is 0.0799. The third-order valence-corrected chi connectivity index (χ3v) is 7.42. The molecule has 3 aliphatic rings. The average molecular weight is 471 g/mol. The predicted molar refractivity (Wildman–Crippen MR) is 126 cm³/mol. The standard InChI is InChI=1S/C26H35FN4O3/c1-16(2)25-29-26(34-30-25)31-10-7-17(8-11-31)22-13-18(22)9-12-33-21-6-3-19(23(27)15-21)14-24(32)28-20-4-5-20/h3,6,15-18,20,22H,4-5,7-14H2,1-2H3,(H,28,32)/t18-,22-/m1/s1. The van der Waals surface area contributed by atoms with Gasteiger partial charge in [-0.05, 0) is 67.9 Å². The third kappa shape index (κ3) is 5.70. The molecule has 2 heterocycles. The first-order chi connectivity index (χ1) is 16.5. The average Bonchev–Trinajstić information content (AvgIpc) is 3.73. The highest BCUT2D eigenvalue weighted by molar-refractivity contribution is 5.79. The number of ether oxygens (including phenoxy) is 1. The summed E-state index contributed by atoms with van der Waals surface area (Å²) in [6.45, 7) is 6.67. The largest absolute Gasteiger partial charge is 0.493 e. The number of anilines is 1. The molecule has 1 saturated heterocycles. The summed E-state index contributed by atoms with van der Waals surface area (Å²) in [6.07, 6.45) is 6.71. The number of piperidine rings is 1. The van der Waals surface area contributed by atoms with Gasteiger partial charge in [0.15, 0.2) is 5.82 Å². The van der Waals surface area contributed by atoms with Gasteiger partial charge in [0.2, 0.25) is 5.91 Å². The van der Waals surface area contributed by atoms with Crippen LogP contribution in [0.1, 0.15) is 69.7 Å². The number of nitrogens with zero attached hydrogens (tertiary/aromatic N) is 3. The van der Waals surface area contributed by atoms with Crippen LogP contribution in [0.25, 0.3) is 0 Å². The zero-order valence-corrected chi connectivity index (χ0v) is 20.1. The van der Waals surface area contributed by atoms with Gasteiger partial charge < -0.3 is 19.5 Å². The van der Waals surface area contributed by atoms with Crippen molar-refractivity contribution in [2.75, 3.05) is 24.6 Å². The Kier molecular flexibility index (Phi) is 6.75. The highest BCUT2D eigenvalue weighted by Gasteiger charge is 2.43. The molecule has 3 fully saturated rings. The molecule has 5 rings (SSSR count). The maximum absolute atomic E-state index is 14.4. The Labute approximate surface area is 200 Å². The number of amides is 1. The fraction of sp³-hybridized carbons (Fsp3) is 0.654. The van der Waals surface area contributed by atoms with Crippen LogP contribution in [0.2, 0.25) is 0 Å². The Hall–Kier alpha value is -2.64. The Bertz CT molecular complexity index is 998. The van der Waals surface area contributed by atoms with Crippen molar-refractivity contribution in [2.45, 2.75) is 70.8 Å². The number of carbonyl (C=O) groups excluding carboxylic acids is 1. The monoisotopic (exact) mass is 470 g/mol. The fourth-order valence-corrected chi connectivity index (χ4v) is 5.06. The third-order valence-electron chi connectivity index (χ3n) is 7.42. The van der Waals surface area contributed by atoms with Crippen molar-refractivity contribution < 1.29 is 18.4 Å². The van der Waals surface area contributed by atoms with E-state index >= 15 is 0 Å². The van der Waals surface area contributed by atoms with Gasteiger partial charge >= 0.3 is 6.01 Å². The summed E-state index contributed by atoms with van der Waals surface area (Å²) in [6, 6.07) is 5.79. The number of hydrogen-bond acceptors (Lipinski definition) is 6. The van der Waals surface area contributed by atoms with E-state index < -0.39 is 0 Å². The van der Waals surface area contributed by atoms with E-state index in [1.54, 1.807) is 12.1 Å². The highest BCUT2D eigenvalue weighted by Crippen LogP contribution is 2.50. The van der Waals surface area contributed by atoms with Gasteiger partial charge in [0.1, 0.15) is 11.6 Å². The molecule has 0 spiro atoms. The molecule has 7 nitrogen and oxygen atoms in total. The number of rotatable bonds is 10. The van der Waals surface area contributed by atoms with E-state index in [2.05, 4.69) is 34.2 Å². The summed E-state index contributed by atoms with van der Waals surface area (Å²) in [5.41, 5.74) is 0.417. The Morgan fingerprint density at radius 3 is 2.74 bits per heavy atom. The molecular weight excluding hydrogens is 435 g/mol. The highest BCUT2D eigenvalue weighted by atomic mass is 19.1. The molecule has 8 heteroatoms. The van der Waals surface area contributed by atoms with Crippen molar-refractivity contribution in [1.82, 2.24) is 15.5 Å². The van der Waals surface area contributed by atoms with Crippen LogP contribution in [0.5, 0.6) is 5.75 Å². The fourth-order valence-electron chi connectivity index (χ4n) is 5.06. The van der Waals surface area contributed by atoms with E-state index in [-0.39, 0.29) is 24.1 Å². The molecule has 2 aromatic rings. The number of nitrogens with one attached hydrogen (secondary N) is 1. The van der Waals surface area contributed by atoms with Crippen molar-refractivity contribution in [3.8, 4) is 5.75 Å². The lowest BCUT2D eigenvalue weighted by Crippen LogP contribution is -2.34. The molecule has 184 valence electrons. The van der Waals surface area contributed by atoms with Gasteiger partial charge in [0.05, 0.1) is 13.0 Å². The quantitative estimate of drug-likeness (QED) is 0.552. The summed E-state index contributed by atoms with van der Waals surface area (Å²) in [7, 11) is 0. The van der Waals surface area contributed by atoms with Gasteiger partial charge in [-0.3, -0.25) is 4.79 Å². The predicted octanol–water partition coefficient (Wildman–Crippen LogP) is 4.47. The molecule has 1 N–H and O–H groups in total. The second kappa shape index (κ2) is 9.92. The number of hydrogen-bond donors (Lipinski definition) is 1. The summed E-state index contributed by atoms with van der Waals surface area (Å²) in [5, 5.41) is 6.97. The van der Waals surface area contributed by atoms with Gasteiger partial charge in [-0.2, -0.15) is 4.98 Å². The normalized spacial score (nSPS) is 22.8. The van der Waals surface area contributed by atoms with Crippen molar-refractivity contribution in [3.05, 3.63) is 35.4 Å².